The monoisotopic (exact) mass is 456 g/mol. The van der Waals surface area contributed by atoms with Crippen LogP contribution in [-0.2, 0) is 10.8 Å². The Hall–Kier alpha value is -3.34. The van der Waals surface area contributed by atoms with Crippen LogP contribution in [-0.4, -0.2) is 20.1 Å². The normalized spacial score (nSPS) is 12.9. The van der Waals surface area contributed by atoms with Gasteiger partial charge in [-0.1, -0.05) is 84.9 Å². The number of aromatic nitrogens is 3. The van der Waals surface area contributed by atoms with Crippen LogP contribution in [0.4, 0.5) is 5.69 Å². The molecule has 3 N–H and O–H groups in total. The molecule has 0 aliphatic carbocycles. The van der Waals surface area contributed by atoms with Crippen molar-refractivity contribution in [2.45, 2.75) is 65.7 Å². The molecule has 178 valence electrons. The highest BCUT2D eigenvalue weighted by Crippen LogP contribution is 2.44. The molecule has 0 aliphatic rings. The maximum absolute atomic E-state index is 11.6. The van der Waals surface area contributed by atoms with Crippen molar-refractivity contribution < 1.29 is 5.11 Å². The Morgan fingerprint density at radius 3 is 2.09 bits per heavy atom. The molecule has 0 radical (unpaired) electrons. The quantitative estimate of drug-likeness (QED) is 0.326. The van der Waals surface area contributed by atoms with E-state index in [1.807, 2.05) is 36.4 Å². The predicted molar refractivity (Wildman–Crippen MR) is 141 cm³/mol. The molecule has 0 aliphatic heterocycles. The van der Waals surface area contributed by atoms with E-state index in [4.69, 9.17) is 5.73 Å². The summed E-state index contributed by atoms with van der Waals surface area (Å²) in [7, 11) is 0. The lowest BCUT2D eigenvalue weighted by atomic mass is 9.70. The van der Waals surface area contributed by atoms with E-state index in [1.165, 1.54) is 0 Å². The van der Waals surface area contributed by atoms with E-state index in [-0.39, 0.29) is 16.6 Å². The van der Waals surface area contributed by atoms with Crippen molar-refractivity contribution >= 4 is 16.7 Å². The molecule has 0 amide bonds. The van der Waals surface area contributed by atoms with E-state index in [2.05, 4.69) is 76.9 Å². The summed E-state index contributed by atoms with van der Waals surface area (Å²) >= 11 is 0. The van der Waals surface area contributed by atoms with E-state index in [0.717, 1.165) is 28.6 Å². The van der Waals surface area contributed by atoms with Gasteiger partial charge in [-0.2, -0.15) is 0 Å². The van der Waals surface area contributed by atoms with Gasteiger partial charge in [0.2, 0.25) is 0 Å². The lowest BCUT2D eigenvalue weighted by molar-refractivity contribution is 0.283. The molecule has 5 nitrogen and oxygen atoms in total. The smallest absolute Gasteiger partial charge is 0.147 e. The number of rotatable bonds is 5. The van der Waals surface area contributed by atoms with Crippen molar-refractivity contribution in [2.75, 3.05) is 5.73 Å². The number of benzene rings is 3. The number of phenols is 1. The van der Waals surface area contributed by atoms with Gasteiger partial charge >= 0.3 is 0 Å². The topological polar surface area (TPSA) is 77.0 Å². The van der Waals surface area contributed by atoms with Gasteiger partial charge < -0.3 is 10.8 Å². The first kappa shape index (κ1) is 23.8. The summed E-state index contributed by atoms with van der Waals surface area (Å²) in [5.41, 5.74) is 11.3. The van der Waals surface area contributed by atoms with Crippen LogP contribution in [0.1, 0.15) is 71.6 Å². The van der Waals surface area contributed by atoms with Crippen LogP contribution in [0.5, 0.6) is 5.75 Å². The molecule has 0 unspecified atom stereocenters. The van der Waals surface area contributed by atoms with Gasteiger partial charge in [-0.15, -0.1) is 15.0 Å². The van der Waals surface area contributed by atoms with Gasteiger partial charge in [0.05, 0.1) is 0 Å². The van der Waals surface area contributed by atoms with Crippen LogP contribution in [0.25, 0.3) is 16.7 Å². The molecule has 3 aromatic carbocycles. The molecule has 4 aromatic rings. The number of aromatic hydroxyl groups is 1. The fourth-order valence-electron chi connectivity index (χ4n) is 5.12. The SMILES string of the molecule is CC(C)(C)CC(C)(C)c1cc(-n2nc3ccc(N)cc3n2)c(O)c(C(C)(C)c2ccccc2)c1. The van der Waals surface area contributed by atoms with E-state index >= 15 is 0 Å². The van der Waals surface area contributed by atoms with Crippen molar-refractivity contribution in [3.8, 4) is 11.4 Å². The number of nitrogen functional groups attached to an aromatic ring is 1. The molecule has 0 bridgehead atoms. The minimum Gasteiger partial charge on any atom is -0.505 e. The highest BCUT2D eigenvalue weighted by atomic mass is 16.3. The standard InChI is InChI=1S/C29H36N4O/c1-27(2,3)18-28(4,5)20-15-22(29(6,7)19-11-9-8-10-12-19)26(34)25(16-20)33-31-23-14-13-21(30)17-24(23)32-33/h8-17,34H,18,30H2,1-7H3. The minimum absolute atomic E-state index is 0.126. The second kappa shape index (κ2) is 8.15. The third-order valence-electron chi connectivity index (χ3n) is 6.63. The molecule has 0 fully saturated rings. The van der Waals surface area contributed by atoms with E-state index in [9.17, 15) is 5.11 Å². The van der Waals surface area contributed by atoms with Crippen LogP contribution < -0.4 is 5.73 Å². The number of anilines is 1. The Bertz CT molecular complexity index is 1330. The van der Waals surface area contributed by atoms with E-state index < -0.39 is 5.41 Å². The lowest BCUT2D eigenvalue weighted by Gasteiger charge is -2.35. The zero-order valence-electron chi connectivity index (χ0n) is 21.3. The van der Waals surface area contributed by atoms with Gasteiger partial charge in [0.15, 0.2) is 0 Å². The maximum Gasteiger partial charge on any atom is 0.147 e. The number of hydrogen-bond donors (Lipinski definition) is 2. The summed E-state index contributed by atoms with van der Waals surface area (Å²) in [6, 6.07) is 20.0. The Morgan fingerprint density at radius 2 is 1.44 bits per heavy atom. The van der Waals surface area contributed by atoms with E-state index in [1.54, 1.807) is 10.9 Å². The largest absolute Gasteiger partial charge is 0.505 e. The fraction of sp³-hybridized carbons (Fsp3) is 0.379. The highest BCUT2D eigenvalue weighted by molar-refractivity contribution is 5.78. The number of nitrogens with two attached hydrogens (primary N) is 1. The summed E-state index contributed by atoms with van der Waals surface area (Å²) in [4.78, 5) is 1.54. The third kappa shape index (κ3) is 4.52. The van der Waals surface area contributed by atoms with Gasteiger partial charge in [-0.25, -0.2) is 0 Å². The fourth-order valence-corrected chi connectivity index (χ4v) is 5.12. The third-order valence-corrected chi connectivity index (χ3v) is 6.63. The summed E-state index contributed by atoms with van der Waals surface area (Å²) < 4.78 is 0. The van der Waals surface area contributed by atoms with E-state index in [0.29, 0.717) is 16.9 Å². The predicted octanol–water partition coefficient (Wildman–Crippen LogP) is 6.75. The Labute approximate surface area is 202 Å². The van der Waals surface area contributed by atoms with Crippen LogP contribution in [0.2, 0.25) is 0 Å². The molecule has 5 heteroatoms. The number of fused-ring (bicyclic) bond motifs is 1. The van der Waals surface area contributed by atoms with Crippen molar-refractivity contribution in [1.29, 1.82) is 0 Å². The summed E-state index contributed by atoms with van der Waals surface area (Å²) in [5.74, 6) is 0.192. The maximum atomic E-state index is 11.6. The summed E-state index contributed by atoms with van der Waals surface area (Å²) in [5, 5.41) is 20.9. The van der Waals surface area contributed by atoms with Crippen LogP contribution in [0.15, 0.2) is 60.7 Å². The number of phenolic OH excluding ortho intramolecular Hbond substituents is 1. The first-order chi connectivity index (χ1) is 15.8. The Morgan fingerprint density at radius 1 is 0.794 bits per heavy atom. The van der Waals surface area contributed by atoms with Gasteiger partial charge in [-0.3, -0.25) is 0 Å². The first-order valence-corrected chi connectivity index (χ1v) is 11.8. The van der Waals surface area contributed by atoms with Gasteiger partial charge in [0.1, 0.15) is 22.5 Å². The van der Waals surface area contributed by atoms with Crippen molar-refractivity contribution in [2.24, 2.45) is 5.41 Å². The van der Waals surface area contributed by atoms with Crippen molar-refractivity contribution in [3.63, 3.8) is 0 Å². The van der Waals surface area contributed by atoms with Crippen molar-refractivity contribution in [1.82, 2.24) is 15.0 Å². The second-order valence-corrected chi connectivity index (χ2v) is 11.7. The van der Waals surface area contributed by atoms with Crippen molar-refractivity contribution in [3.05, 3.63) is 77.4 Å². The minimum atomic E-state index is -0.426. The zero-order valence-corrected chi connectivity index (χ0v) is 21.3. The van der Waals surface area contributed by atoms with Gasteiger partial charge in [0.25, 0.3) is 0 Å². The lowest BCUT2D eigenvalue weighted by Crippen LogP contribution is -2.27. The zero-order chi connectivity index (χ0) is 24.9. The second-order valence-electron chi connectivity index (χ2n) is 11.7. The molecule has 4 rings (SSSR count). The molecule has 0 atom stereocenters. The van der Waals surface area contributed by atoms with Crippen LogP contribution >= 0.6 is 0 Å². The van der Waals surface area contributed by atoms with Gasteiger partial charge in [-0.05, 0) is 52.6 Å². The molecule has 1 aromatic heterocycles. The number of hydrogen-bond acceptors (Lipinski definition) is 4. The Balaban J connectivity index is 1.97. The first-order valence-electron chi connectivity index (χ1n) is 11.8. The molecular weight excluding hydrogens is 420 g/mol. The van der Waals surface area contributed by atoms with Gasteiger partial charge in [0, 0.05) is 16.7 Å². The number of nitrogens with zero attached hydrogens (tertiary/aromatic N) is 3. The summed E-state index contributed by atoms with van der Waals surface area (Å²) in [6.45, 7) is 15.6. The molecule has 0 saturated carbocycles. The highest BCUT2D eigenvalue weighted by Gasteiger charge is 2.33. The molecular formula is C29H36N4O. The molecule has 0 spiro atoms. The van der Waals surface area contributed by atoms with Crippen LogP contribution in [0.3, 0.4) is 0 Å². The summed E-state index contributed by atoms with van der Waals surface area (Å²) in [6.07, 6.45) is 0.987. The molecule has 0 saturated heterocycles. The average Bonchev–Trinajstić information content (AvgIpc) is 3.15. The van der Waals surface area contributed by atoms with Crippen LogP contribution in [0, 0.1) is 5.41 Å². The average molecular weight is 457 g/mol. The molecule has 34 heavy (non-hydrogen) atoms. The Kier molecular flexibility index (Phi) is 5.71. The molecule has 1 heterocycles.